The van der Waals surface area contributed by atoms with E-state index in [0.717, 1.165) is 0 Å². The average Bonchev–Trinajstić information content (AvgIpc) is 2.83. The number of halogens is 1. The molecule has 7 nitrogen and oxygen atoms in total. The van der Waals surface area contributed by atoms with E-state index in [1.54, 1.807) is 31.3 Å². The van der Waals surface area contributed by atoms with Gasteiger partial charge in [0.1, 0.15) is 11.4 Å². The van der Waals surface area contributed by atoms with Gasteiger partial charge >= 0.3 is 0 Å². The monoisotopic (exact) mass is 339 g/mol. The largest absolute Gasteiger partial charge is 0.494 e. The van der Waals surface area contributed by atoms with Crippen molar-refractivity contribution in [1.82, 2.24) is 15.2 Å². The van der Waals surface area contributed by atoms with Crippen molar-refractivity contribution in [2.75, 3.05) is 12.1 Å². The molecule has 9 heteroatoms. The highest BCUT2D eigenvalue weighted by atomic mass is 35.5. The third kappa shape index (κ3) is 3.29. The lowest BCUT2D eigenvalue weighted by atomic mass is 10.3. The van der Waals surface area contributed by atoms with Gasteiger partial charge in [-0.15, -0.1) is 0 Å². The molecule has 0 atom stereocenters. The van der Waals surface area contributed by atoms with Gasteiger partial charge in [-0.2, -0.15) is 5.10 Å². The van der Waals surface area contributed by atoms with Gasteiger partial charge in [-0.1, -0.05) is 23.7 Å². The first-order chi connectivity index (χ1) is 10.4. The number of anilines is 1. The van der Waals surface area contributed by atoms with Crippen molar-refractivity contribution in [1.29, 1.82) is 0 Å². The van der Waals surface area contributed by atoms with Crippen LogP contribution < -0.4 is 20.9 Å². The first-order valence-corrected chi connectivity index (χ1v) is 6.95. The molecule has 22 heavy (non-hydrogen) atoms. The Morgan fingerprint density at radius 1 is 1.50 bits per heavy atom. The number of aromatic nitrogens is 2. The Hall–Kier alpha value is -2.32. The van der Waals surface area contributed by atoms with E-state index >= 15 is 0 Å². The van der Waals surface area contributed by atoms with Crippen molar-refractivity contribution < 1.29 is 9.53 Å². The van der Waals surface area contributed by atoms with Crippen LogP contribution in [0.25, 0.3) is 0 Å². The van der Waals surface area contributed by atoms with Gasteiger partial charge in [0.05, 0.1) is 12.1 Å². The number of methoxy groups -OCH3 is 1. The summed E-state index contributed by atoms with van der Waals surface area (Å²) in [6.45, 7) is 0. The number of amides is 1. The molecule has 2 rings (SSSR count). The number of thiocarbonyl (C=S) groups is 1. The van der Waals surface area contributed by atoms with Crippen LogP contribution in [0.4, 0.5) is 5.69 Å². The molecule has 0 aliphatic heterocycles. The van der Waals surface area contributed by atoms with Gasteiger partial charge in [0.25, 0.3) is 5.91 Å². The number of hydrogen-bond donors (Lipinski definition) is 2. The summed E-state index contributed by atoms with van der Waals surface area (Å²) in [5, 5.41) is 5.40. The molecular formula is C13H14ClN5O2S. The van der Waals surface area contributed by atoms with Crippen LogP contribution in [0.3, 0.4) is 0 Å². The fourth-order valence-corrected chi connectivity index (χ4v) is 2.23. The fraction of sp³-hybridized carbons (Fsp3) is 0.154. The number of nitrogens with zero attached hydrogens (tertiary/aromatic N) is 3. The molecule has 1 heterocycles. The van der Waals surface area contributed by atoms with Crippen molar-refractivity contribution >= 4 is 40.5 Å². The minimum Gasteiger partial charge on any atom is -0.494 e. The maximum absolute atomic E-state index is 12.3. The summed E-state index contributed by atoms with van der Waals surface area (Å²) in [5.41, 5.74) is 8.82. The maximum Gasteiger partial charge on any atom is 0.292 e. The molecule has 3 N–H and O–H groups in total. The molecule has 0 saturated carbocycles. The predicted octanol–water partition coefficient (Wildman–Crippen LogP) is 1.48. The zero-order valence-corrected chi connectivity index (χ0v) is 13.5. The topological polar surface area (TPSA) is 85.4 Å². The Morgan fingerprint density at radius 2 is 2.18 bits per heavy atom. The van der Waals surface area contributed by atoms with Crippen LogP contribution in [-0.4, -0.2) is 27.9 Å². The standard InChI is InChI=1S/C13H14ClN5O2S/c1-18-7-8(14)11(16-18)12(20)17-19(13(15)22)9-5-3-4-6-10(9)21-2/h3-7H,1-2H3,(H2,15,22)(H,17,20). The smallest absolute Gasteiger partial charge is 0.292 e. The molecule has 0 spiro atoms. The third-order valence-corrected chi connectivity index (χ3v) is 3.22. The second kappa shape index (κ2) is 6.63. The second-order valence-electron chi connectivity index (χ2n) is 4.29. The molecule has 0 bridgehead atoms. The summed E-state index contributed by atoms with van der Waals surface area (Å²) < 4.78 is 6.67. The summed E-state index contributed by atoms with van der Waals surface area (Å²) in [4.78, 5) is 12.3. The molecule has 0 aliphatic rings. The van der Waals surface area contributed by atoms with Crippen LogP contribution in [0, 0.1) is 0 Å². The number of nitrogens with two attached hydrogens (primary N) is 1. The summed E-state index contributed by atoms with van der Waals surface area (Å²) in [6.07, 6.45) is 1.52. The highest BCUT2D eigenvalue weighted by Crippen LogP contribution is 2.26. The fourth-order valence-electron chi connectivity index (χ4n) is 1.82. The molecule has 1 amide bonds. The first kappa shape index (κ1) is 16.1. The van der Waals surface area contributed by atoms with Gasteiger partial charge in [0.2, 0.25) is 0 Å². The van der Waals surface area contributed by atoms with E-state index in [1.165, 1.54) is 23.0 Å². The van der Waals surface area contributed by atoms with Gasteiger partial charge in [-0.05, 0) is 24.4 Å². The Kier molecular flexibility index (Phi) is 4.84. The van der Waals surface area contributed by atoms with Crippen LogP contribution in [0.2, 0.25) is 5.02 Å². The van der Waals surface area contributed by atoms with Crippen molar-refractivity contribution in [2.24, 2.45) is 12.8 Å². The Labute approximate surface area is 137 Å². The number of hydrogen-bond acceptors (Lipinski definition) is 4. The summed E-state index contributed by atoms with van der Waals surface area (Å²) in [6, 6.07) is 6.99. The number of para-hydroxylation sites is 2. The number of benzene rings is 1. The Balaban J connectivity index is 2.32. The van der Waals surface area contributed by atoms with Crippen LogP contribution >= 0.6 is 23.8 Å². The first-order valence-electron chi connectivity index (χ1n) is 6.16. The Morgan fingerprint density at radius 3 is 2.73 bits per heavy atom. The number of nitrogens with one attached hydrogen (secondary N) is 1. The van der Waals surface area contributed by atoms with Crippen LogP contribution in [-0.2, 0) is 7.05 Å². The minimum absolute atomic E-state index is 0.0510. The molecular weight excluding hydrogens is 326 g/mol. The molecule has 0 unspecified atom stereocenters. The second-order valence-corrected chi connectivity index (χ2v) is 5.11. The molecule has 1 aromatic carbocycles. The molecule has 1 aromatic heterocycles. The number of carbonyl (C=O) groups excluding carboxylic acids is 1. The van der Waals surface area contributed by atoms with Crippen molar-refractivity contribution in [3.8, 4) is 5.75 Å². The van der Waals surface area contributed by atoms with E-state index in [-0.39, 0.29) is 15.8 Å². The van der Waals surface area contributed by atoms with E-state index < -0.39 is 5.91 Å². The SMILES string of the molecule is COc1ccccc1N(NC(=O)c1nn(C)cc1Cl)C(N)=S. The molecule has 2 aromatic rings. The van der Waals surface area contributed by atoms with Crippen LogP contribution in [0.15, 0.2) is 30.5 Å². The zero-order valence-electron chi connectivity index (χ0n) is 11.9. The summed E-state index contributed by atoms with van der Waals surface area (Å²) >= 11 is 10.9. The number of hydrazine groups is 1. The van der Waals surface area contributed by atoms with Crippen molar-refractivity contribution in [3.05, 3.63) is 41.2 Å². The van der Waals surface area contributed by atoms with Crippen LogP contribution in [0.1, 0.15) is 10.5 Å². The van der Waals surface area contributed by atoms with E-state index in [0.29, 0.717) is 11.4 Å². The molecule has 116 valence electrons. The zero-order chi connectivity index (χ0) is 16.3. The lowest BCUT2D eigenvalue weighted by Crippen LogP contribution is -2.49. The van der Waals surface area contributed by atoms with Crippen molar-refractivity contribution in [2.45, 2.75) is 0 Å². The normalized spacial score (nSPS) is 10.1. The van der Waals surface area contributed by atoms with Gasteiger partial charge in [-0.3, -0.25) is 14.9 Å². The third-order valence-electron chi connectivity index (χ3n) is 2.76. The van der Waals surface area contributed by atoms with Gasteiger partial charge in [0, 0.05) is 13.2 Å². The van der Waals surface area contributed by atoms with Crippen molar-refractivity contribution in [3.63, 3.8) is 0 Å². The minimum atomic E-state index is -0.538. The summed E-state index contributed by atoms with van der Waals surface area (Å²) in [5.74, 6) is -0.0352. The van der Waals surface area contributed by atoms with E-state index in [4.69, 9.17) is 34.3 Å². The quantitative estimate of drug-likeness (QED) is 0.650. The molecule has 0 aliphatic carbocycles. The van der Waals surface area contributed by atoms with E-state index in [1.807, 2.05) is 0 Å². The predicted molar refractivity (Wildman–Crippen MR) is 87.9 cm³/mol. The van der Waals surface area contributed by atoms with E-state index in [2.05, 4.69) is 10.5 Å². The van der Waals surface area contributed by atoms with Gasteiger partial charge in [-0.25, -0.2) is 5.01 Å². The average molecular weight is 340 g/mol. The number of carbonyl (C=O) groups is 1. The molecule has 0 fully saturated rings. The van der Waals surface area contributed by atoms with Gasteiger partial charge in [0.15, 0.2) is 10.8 Å². The van der Waals surface area contributed by atoms with Crippen LogP contribution in [0.5, 0.6) is 5.75 Å². The number of rotatable bonds is 3. The lowest BCUT2D eigenvalue weighted by molar-refractivity contribution is 0.0949. The number of aryl methyl sites for hydroxylation is 1. The number of ether oxygens (including phenoxy) is 1. The van der Waals surface area contributed by atoms with Gasteiger partial charge < -0.3 is 10.5 Å². The highest BCUT2D eigenvalue weighted by molar-refractivity contribution is 7.80. The lowest BCUT2D eigenvalue weighted by Gasteiger charge is -2.24. The highest BCUT2D eigenvalue weighted by Gasteiger charge is 2.21. The van der Waals surface area contributed by atoms with E-state index in [9.17, 15) is 4.79 Å². The Bertz CT molecular complexity index is 718. The maximum atomic E-state index is 12.3. The molecule has 0 saturated heterocycles. The summed E-state index contributed by atoms with van der Waals surface area (Å²) in [7, 11) is 3.17. The molecule has 0 radical (unpaired) electrons.